The van der Waals surface area contributed by atoms with Crippen LogP contribution in [0.4, 0.5) is 10.2 Å². The number of halogens is 1. The summed E-state index contributed by atoms with van der Waals surface area (Å²) in [5.41, 5.74) is 0. The minimum absolute atomic E-state index is 0.383. The van der Waals surface area contributed by atoms with Gasteiger partial charge in [0.1, 0.15) is 5.82 Å². The SMILES string of the molecule is CCC1CCCN(c2cccc(F)n2)C1. The van der Waals surface area contributed by atoms with E-state index in [2.05, 4.69) is 16.8 Å². The molecule has 0 amide bonds. The van der Waals surface area contributed by atoms with Crippen LogP contribution in [0.15, 0.2) is 18.2 Å². The maximum absolute atomic E-state index is 13.0. The van der Waals surface area contributed by atoms with Crippen LogP contribution in [0.25, 0.3) is 0 Å². The lowest BCUT2D eigenvalue weighted by Gasteiger charge is -2.33. The summed E-state index contributed by atoms with van der Waals surface area (Å²) in [5, 5.41) is 0. The lowest BCUT2D eigenvalue weighted by molar-refractivity contribution is 0.402. The lowest BCUT2D eigenvalue weighted by Crippen LogP contribution is -2.35. The molecule has 1 fully saturated rings. The van der Waals surface area contributed by atoms with Gasteiger partial charge < -0.3 is 4.90 Å². The van der Waals surface area contributed by atoms with Crippen molar-refractivity contribution in [1.82, 2.24) is 4.98 Å². The highest BCUT2D eigenvalue weighted by atomic mass is 19.1. The van der Waals surface area contributed by atoms with Crippen LogP contribution in [0.5, 0.6) is 0 Å². The summed E-state index contributed by atoms with van der Waals surface area (Å²) in [6.07, 6.45) is 3.69. The molecule has 3 heteroatoms. The number of hydrogen-bond acceptors (Lipinski definition) is 2. The van der Waals surface area contributed by atoms with Gasteiger partial charge in [-0.15, -0.1) is 0 Å². The van der Waals surface area contributed by atoms with Gasteiger partial charge in [-0.2, -0.15) is 4.39 Å². The minimum atomic E-state index is -0.383. The van der Waals surface area contributed by atoms with Crippen molar-refractivity contribution >= 4 is 5.82 Å². The Morgan fingerprint density at radius 1 is 1.53 bits per heavy atom. The van der Waals surface area contributed by atoms with Crippen LogP contribution in [-0.2, 0) is 0 Å². The number of pyridine rings is 1. The van der Waals surface area contributed by atoms with E-state index in [0.29, 0.717) is 0 Å². The molecule has 0 radical (unpaired) electrons. The molecule has 2 nitrogen and oxygen atoms in total. The van der Waals surface area contributed by atoms with Gasteiger partial charge in [0.05, 0.1) is 0 Å². The molecular weight excluding hydrogens is 191 g/mol. The molecule has 15 heavy (non-hydrogen) atoms. The fraction of sp³-hybridized carbons (Fsp3) is 0.583. The smallest absolute Gasteiger partial charge is 0.214 e. The third-order valence-electron chi connectivity index (χ3n) is 3.12. The molecule has 0 spiro atoms. The Kier molecular flexibility index (Phi) is 3.19. The topological polar surface area (TPSA) is 16.1 Å². The summed E-state index contributed by atoms with van der Waals surface area (Å²) in [5.74, 6) is 1.14. The zero-order valence-corrected chi connectivity index (χ0v) is 9.12. The highest BCUT2D eigenvalue weighted by Crippen LogP contribution is 2.23. The third kappa shape index (κ3) is 2.46. The van der Waals surface area contributed by atoms with Gasteiger partial charge in [-0.1, -0.05) is 19.4 Å². The van der Waals surface area contributed by atoms with Crippen LogP contribution in [0.2, 0.25) is 0 Å². The van der Waals surface area contributed by atoms with Gasteiger partial charge >= 0.3 is 0 Å². The van der Waals surface area contributed by atoms with Crippen molar-refractivity contribution in [2.45, 2.75) is 26.2 Å². The van der Waals surface area contributed by atoms with Crippen LogP contribution < -0.4 is 4.90 Å². The van der Waals surface area contributed by atoms with Gasteiger partial charge in [0.25, 0.3) is 0 Å². The fourth-order valence-electron chi connectivity index (χ4n) is 2.18. The van der Waals surface area contributed by atoms with Gasteiger partial charge in [0.15, 0.2) is 0 Å². The summed E-state index contributed by atoms with van der Waals surface area (Å²) in [7, 11) is 0. The maximum atomic E-state index is 13.0. The summed E-state index contributed by atoms with van der Waals surface area (Å²) in [6.45, 7) is 4.24. The minimum Gasteiger partial charge on any atom is -0.356 e. The highest BCUT2D eigenvalue weighted by molar-refractivity contribution is 5.38. The Bertz CT molecular complexity index is 327. The van der Waals surface area contributed by atoms with Crippen LogP contribution in [0, 0.1) is 11.9 Å². The first-order valence-electron chi connectivity index (χ1n) is 5.67. The first-order valence-corrected chi connectivity index (χ1v) is 5.67. The number of nitrogens with zero attached hydrogens (tertiary/aromatic N) is 2. The maximum Gasteiger partial charge on any atom is 0.214 e. The first-order chi connectivity index (χ1) is 7.29. The second-order valence-corrected chi connectivity index (χ2v) is 4.18. The van der Waals surface area contributed by atoms with Crippen molar-refractivity contribution in [2.24, 2.45) is 5.92 Å². The lowest BCUT2D eigenvalue weighted by atomic mass is 9.96. The number of hydrogen-bond donors (Lipinski definition) is 0. The van der Waals surface area contributed by atoms with Crippen molar-refractivity contribution < 1.29 is 4.39 Å². The summed E-state index contributed by atoms with van der Waals surface area (Å²) >= 11 is 0. The summed E-state index contributed by atoms with van der Waals surface area (Å²) in [4.78, 5) is 6.12. The zero-order chi connectivity index (χ0) is 10.7. The first kappa shape index (κ1) is 10.4. The molecule has 0 saturated carbocycles. The molecule has 1 atom stereocenters. The van der Waals surface area contributed by atoms with E-state index < -0.39 is 0 Å². The van der Waals surface area contributed by atoms with Gasteiger partial charge in [-0.05, 0) is 30.9 Å². The zero-order valence-electron chi connectivity index (χ0n) is 9.12. The molecule has 1 aromatic rings. The molecule has 2 rings (SSSR count). The number of aromatic nitrogens is 1. The molecule has 1 saturated heterocycles. The molecule has 0 bridgehead atoms. The van der Waals surface area contributed by atoms with E-state index in [1.807, 2.05) is 6.07 Å². The molecule has 1 aromatic heterocycles. The van der Waals surface area contributed by atoms with E-state index in [-0.39, 0.29) is 5.95 Å². The molecule has 0 N–H and O–H groups in total. The van der Waals surface area contributed by atoms with Crippen molar-refractivity contribution in [1.29, 1.82) is 0 Å². The van der Waals surface area contributed by atoms with Crippen molar-refractivity contribution in [3.63, 3.8) is 0 Å². The molecule has 1 unspecified atom stereocenters. The predicted octanol–water partition coefficient (Wildman–Crippen LogP) is 2.85. The van der Waals surface area contributed by atoms with Crippen LogP contribution in [0.3, 0.4) is 0 Å². The third-order valence-corrected chi connectivity index (χ3v) is 3.12. The van der Waals surface area contributed by atoms with Crippen molar-refractivity contribution in [2.75, 3.05) is 18.0 Å². The predicted molar refractivity (Wildman–Crippen MR) is 59.4 cm³/mol. The monoisotopic (exact) mass is 208 g/mol. The Morgan fingerprint density at radius 2 is 2.40 bits per heavy atom. The van der Waals surface area contributed by atoms with E-state index >= 15 is 0 Å². The Labute approximate surface area is 90.1 Å². The fourth-order valence-corrected chi connectivity index (χ4v) is 2.18. The summed E-state index contributed by atoms with van der Waals surface area (Å²) < 4.78 is 13.0. The molecule has 0 aliphatic carbocycles. The normalized spacial score (nSPS) is 21.7. The van der Waals surface area contributed by atoms with E-state index in [4.69, 9.17) is 0 Å². The quantitative estimate of drug-likeness (QED) is 0.695. The second kappa shape index (κ2) is 4.60. The van der Waals surface area contributed by atoms with Crippen LogP contribution in [-0.4, -0.2) is 18.1 Å². The Balaban J connectivity index is 2.09. The average molecular weight is 208 g/mol. The van der Waals surface area contributed by atoms with E-state index in [9.17, 15) is 4.39 Å². The number of anilines is 1. The van der Waals surface area contributed by atoms with Gasteiger partial charge in [0.2, 0.25) is 5.95 Å². The molecule has 1 aliphatic heterocycles. The van der Waals surface area contributed by atoms with Gasteiger partial charge in [-0.3, -0.25) is 0 Å². The molecule has 1 aliphatic rings. The Morgan fingerprint density at radius 3 is 3.13 bits per heavy atom. The van der Waals surface area contributed by atoms with Crippen LogP contribution in [0.1, 0.15) is 26.2 Å². The highest BCUT2D eigenvalue weighted by Gasteiger charge is 2.19. The summed E-state index contributed by atoms with van der Waals surface area (Å²) in [6, 6.07) is 5.01. The standard InChI is InChI=1S/C12H17FN2/c1-2-10-5-4-8-15(9-10)12-7-3-6-11(13)14-12/h3,6-7,10H,2,4-5,8-9H2,1H3. The van der Waals surface area contributed by atoms with Crippen molar-refractivity contribution in [3.05, 3.63) is 24.1 Å². The van der Waals surface area contributed by atoms with Crippen LogP contribution >= 0.6 is 0 Å². The largest absolute Gasteiger partial charge is 0.356 e. The molecule has 82 valence electrons. The van der Waals surface area contributed by atoms with Gasteiger partial charge in [-0.25, -0.2) is 4.98 Å². The molecule has 0 aromatic carbocycles. The van der Waals surface area contributed by atoms with Crippen molar-refractivity contribution in [3.8, 4) is 0 Å². The van der Waals surface area contributed by atoms with E-state index in [1.54, 1.807) is 6.07 Å². The number of rotatable bonds is 2. The number of piperidine rings is 1. The molecular formula is C12H17FN2. The van der Waals surface area contributed by atoms with Gasteiger partial charge in [0, 0.05) is 13.1 Å². The van der Waals surface area contributed by atoms with E-state index in [1.165, 1.54) is 25.3 Å². The van der Waals surface area contributed by atoms with E-state index in [0.717, 1.165) is 24.8 Å². The Hall–Kier alpha value is -1.12. The second-order valence-electron chi connectivity index (χ2n) is 4.18. The average Bonchev–Trinajstić information content (AvgIpc) is 2.29. The molecule has 2 heterocycles.